The van der Waals surface area contributed by atoms with Gasteiger partial charge in [-0.3, -0.25) is 19.7 Å². The molecule has 0 spiro atoms. The largest absolute Gasteiger partial charge is 1.00 e. The monoisotopic (exact) mass is 1140 g/mol. The van der Waals surface area contributed by atoms with Gasteiger partial charge in [0.1, 0.15) is 6.54 Å². The summed E-state index contributed by atoms with van der Waals surface area (Å²) in [7, 11) is -4.45. The number of amides is 2. The van der Waals surface area contributed by atoms with Crippen molar-refractivity contribution >= 4 is 97.1 Å². The molecule has 4 aliphatic rings. The Morgan fingerprint density at radius 3 is 2.18 bits per heavy atom. The number of hydrogen-bond acceptors (Lipinski definition) is 17. The Morgan fingerprint density at radius 1 is 0.829 bits per heavy atom. The van der Waals surface area contributed by atoms with Crippen molar-refractivity contribution in [1.29, 1.82) is 0 Å². The third kappa shape index (κ3) is 16.1. The number of unbranched alkanes of at least 4 members (excludes halogenated alkanes) is 2. The van der Waals surface area contributed by atoms with Crippen molar-refractivity contribution in [1.82, 2.24) is 5.06 Å². The number of hydrogen-bond donors (Lipinski definition) is 0. The van der Waals surface area contributed by atoms with Crippen LogP contribution in [0.2, 0.25) is 0 Å². The van der Waals surface area contributed by atoms with E-state index in [4.69, 9.17) is 16.4 Å². The molecular weight excluding hydrogens is 1080 g/mol. The van der Waals surface area contributed by atoms with Gasteiger partial charge in [-0.2, -0.15) is 13.2 Å². The summed E-state index contributed by atoms with van der Waals surface area (Å²) >= 11 is 9.22. The Bertz CT molecular complexity index is 2810. The third-order valence-corrected chi connectivity index (χ3v) is 16.5. The van der Waals surface area contributed by atoms with Gasteiger partial charge < -0.3 is 29.7 Å². The van der Waals surface area contributed by atoms with Gasteiger partial charge in [0.2, 0.25) is 5.69 Å². The molecule has 0 atom stereocenters. The van der Waals surface area contributed by atoms with Gasteiger partial charge >= 0.3 is 65.1 Å². The van der Waals surface area contributed by atoms with Crippen molar-refractivity contribution in [2.45, 2.75) is 116 Å². The Hall–Kier alpha value is -2.58. The van der Waals surface area contributed by atoms with E-state index >= 15 is 0 Å². The van der Waals surface area contributed by atoms with E-state index in [1.165, 1.54) is 10.9 Å². The van der Waals surface area contributed by atoms with E-state index in [0.717, 1.165) is 107 Å². The van der Waals surface area contributed by atoms with Crippen molar-refractivity contribution in [3.8, 4) is 0 Å². The van der Waals surface area contributed by atoms with Crippen LogP contribution in [-0.4, -0.2) is 89.5 Å². The van der Waals surface area contributed by atoms with Gasteiger partial charge in [0.05, 0.1) is 15.5 Å². The molecule has 0 N–H and O–H groups in total. The standard InChI is InChI=1S/C53H65ClN4O13S3.2Na/c1-52(2)42-36-40(55(29-11-33-72-70-68-62)30-12-34-73-71-69-63)22-24-43(42)56(32-13-35-74(64,65)66)45(52)25-20-38-15-10-16-39(51(38)54)21-26-46-53(3,4)50-41-17-8-7-14-37(41)19-23-44(50)57(46)31-9-5-6-18-49(61)67-58-47(59)27-28-48(58)60;;/h7-8,14,17,19-26,36H,5-6,9-13,15-16,18,27-35H2,1-4H3,(H2-,62,63,64,65,66);;/q;2*+1/p-2. The Morgan fingerprint density at radius 2 is 1.51 bits per heavy atom. The molecule has 17 nitrogen and oxygen atoms in total. The number of hydroxylamine groups is 2. The number of halogens is 1. The zero-order valence-corrected chi connectivity index (χ0v) is 51.3. The molecule has 3 heterocycles. The number of benzene rings is 3. The molecule has 1 saturated heterocycles. The molecule has 7 rings (SSSR count). The minimum absolute atomic E-state index is 0. The van der Waals surface area contributed by atoms with Crippen LogP contribution in [0.1, 0.15) is 116 Å². The smallest absolute Gasteiger partial charge is 0.748 e. The second-order valence-corrected chi connectivity index (χ2v) is 23.1. The maximum atomic E-state index is 12.5. The number of anilines is 2. The quantitative estimate of drug-likeness (QED) is 0.0157. The summed E-state index contributed by atoms with van der Waals surface area (Å²) < 4.78 is 46.7. The number of allylic oxidation sites excluding steroid dienone is 8. The molecule has 0 aromatic heterocycles. The summed E-state index contributed by atoms with van der Waals surface area (Å²) in [6.45, 7) is 11.0. The van der Waals surface area contributed by atoms with Gasteiger partial charge in [-0.15, -0.1) is 5.06 Å². The van der Waals surface area contributed by atoms with Crippen LogP contribution in [0.5, 0.6) is 0 Å². The minimum Gasteiger partial charge on any atom is -0.748 e. The summed E-state index contributed by atoms with van der Waals surface area (Å²) in [5, 5.41) is 31.3. The van der Waals surface area contributed by atoms with Crippen LogP contribution in [0.25, 0.3) is 10.8 Å². The number of fused-ring (bicyclic) bond motifs is 4. The molecule has 3 aromatic rings. The van der Waals surface area contributed by atoms with Gasteiger partial charge in [-0.1, -0.05) is 61.9 Å². The molecule has 0 radical (unpaired) electrons. The average molecular weight is 1140 g/mol. The molecular formula is C53H63ClN4Na2O13S3. The molecule has 1 aliphatic carbocycles. The second-order valence-electron chi connectivity index (χ2n) is 19.7. The normalized spacial score (nSPS) is 18.1. The first kappa shape index (κ1) is 64.2. The number of rotatable bonds is 27. The number of nitrogens with zero attached hydrogens (tertiary/aromatic N) is 4. The van der Waals surface area contributed by atoms with Crippen molar-refractivity contribution in [3.05, 3.63) is 112 Å². The van der Waals surface area contributed by atoms with E-state index < -0.39 is 39.1 Å². The molecule has 3 aromatic carbocycles. The van der Waals surface area contributed by atoms with E-state index in [0.29, 0.717) is 67.0 Å². The maximum Gasteiger partial charge on any atom is 1.00 e. The van der Waals surface area contributed by atoms with Gasteiger partial charge in [0.25, 0.3) is 11.8 Å². The topological polar surface area (TPSA) is 213 Å². The first-order valence-electron chi connectivity index (χ1n) is 24.9. The van der Waals surface area contributed by atoms with Gasteiger partial charge in [0.15, 0.2) is 5.71 Å². The SMILES string of the molecule is CC1(C)C(/C=C/C2=C(Cl)C(=C/C=C3/N(CCCS(=O)(=O)[O-])c4ccc(N(CCCSOO[O-])CCCSOO[O-])cc4C3(C)C)/CCC2)=[N+](CCCCCC(=O)ON2C(=O)CCC2=O)c2ccc3ccccc3c21.[Na+].[Na+]. The maximum absolute atomic E-state index is 12.5. The molecule has 0 unspecified atom stereocenters. The van der Waals surface area contributed by atoms with Crippen LogP contribution < -0.4 is 79.4 Å². The van der Waals surface area contributed by atoms with Crippen LogP contribution in [0.3, 0.4) is 0 Å². The third-order valence-electron chi connectivity index (χ3n) is 14.0. The van der Waals surface area contributed by atoms with E-state index in [1.807, 2.05) is 18.2 Å². The fraction of sp³-hybridized carbons (Fsp3) is 0.472. The zero-order chi connectivity index (χ0) is 53.0. The second kappa shape index (κ2) is 29.8. The molecule has 400 valence electrons. The number of carbonyl (C=O) groups excluding carboxylic acids is 3. The van der Waals surface area contributed by atoms with Crippen molar-refractivity contribution in [2.75, 3.05) is 53.2 Å². The molecule has 0 bridgehead atoms. The van der Waals surface area contributed by atoms with Crippen molar-refractivity contribution in [3.63, 3.8) is 0 Å². The molecule has 3 aliphatic heterocycles. The zero-order valence-electron chi connectivity index (χ0n) is 44.1. The summed E-state index contributed by atoms with van der Waals surface area (Å²) in [6, 6.07) is 18.9. The fourth-order valence-corrected chi connectivity index (χ4v) is 12.0. The van der Waals surface area contributed by atoms with Crippen LogP contribution in [0, 0.1) is 0 Å². The van der Waals surface area contributed by atoms with Gasteiger partial charge in [-0.05, 0) is 123 Å². The van der Waals surface area contributed by atoms with Crippen molar-refractivity contribution < 1.29 is 125 Å². The van der Waals surface area contributed by atoms with Crippen LogP contribution >= 0.6 is 35.7 Å². The van der Waals surface area contributed by atoms with E-state index in [9.17, 15) is 37.9 Å². The van der Waals surface area contributed by atoms with Gasteiger partial charge in [0, 0.05) is 132 Å². The summed E-state index contributed by atoms with van der Waals surface area (Å²) in [5.41, 5.74) is 8.30. The first-order valence-corrected chi connectivity index (χ1v) is 28.7. The molecule has 23 heteroatoms. The minimum atomic E-state index is -4.45. The molecule has 1 fully saturated rings. The van der Waals surface area contributed by atoms with Crippen LogP contribution in [0.15, 0.2) is 101 Å². The molecule has 0 saturated carbocycles. The summed E-state index contributed by atoms with van der Waals surface area (Å²) in [4.78, 5) is 45.8. The van der Waals surface area contributed by atoms with Crippen LogP contribution in [-0.2, 0) is 58.9 Å². The molecule has 76 heavy (non-hydrogen) atoms. The van der Waals surface area contributed by atoms with Gasteiger partial charge in [-0.25, -0.2) is 13.2 Å². The Kier molecular flexibility index (Phi) is 25.2. The number of carbonyl (C=O) groups is 3. The fourth-order valence-electron chi connectivity index (χ4n) is 10.5. The predicted octanol–water partition coefficient (Wildman–Crippen LogP) is 2.50. The van der Waals surface area contributed by atoms with E-state index in [1.54, 1.807) is 0 Å². The first-order chi connectivity index (χ1) is 35.5. The average Bonchev–Trinajstić information content (AvgIpc) is 3.89. The van der Waals surface area contributed by atoms with Crippen LogP contribution in [0.4, 0.5) is 17.1 Å². The Balaban J connectivity index is 0.00000533. The predicted molar refractivity (Wildman–Crippen MR) is 281 cm³/mol. The van der Waals surface area contributed by atoms with Crippen molar-refractivity contribution in [2.24, 2.45) is 0 Å². The number of imide groups is 1. The Labute approximate surface area is 503 Å². The van der Waals surface area contributed by atoms with E-state index in [2.05, 4.69) is 122 Å². The van der Waals surface area contributed by atoms with E-state index in [-0.39, 0.29) is 90.2 Å². The molecule has 2 amide bonds. The summed E-state index contributed by atoms with van der Waals surface area (Å²) in [6.07, 6.45) is 14.6. The summed E-state index contributed by atoms with van der Waals surface area (Å²) in [5.74, 6) is -1.08.